The molecular weight excluding hydrogens is 1740 g/mol. The summed E-state index contributed by atoms with van der Waals surface area (Å²) in [5.41, 5.74) is -27.1. The van der Waals surface area contributed by atoms with Crippen molar-refractivity contribution < 1.29 is 129 Å². The number of benzene rings is 1. The standard InChI is InChI=1S/C90H140N16O27/c1-26-124-65(114)90(39-47-106(56-90)74(123)133-82(23,24)25)97-63(112)88(37-45-104(54-88)72(121)131-80(17,18)19)95-61(110)86(35-43-102(52-86)70(119)129-78(11,12)13)93-59(108)84(33-41-100(50-84)68(117)127-76(5,6)7)91-58(107)83(32-40-99(49-83)67(116)126-75(2,3)4)92-60(109)85(34-42-101(51-85)69(118)128-77(8,9)10)94-62(111)87(36-44-103(53-87)71(120)130-79(14,15)16)96-64(113)89(38-46-105(55-89)73(122)132-81(20,21)22)98-66(115)125-48-57-30-28-27-29-31-57/h27-31H,26,32-56H2,1-25H3,(H,91,107)(H,92,109)(H,93,108)(H,94,111)(H,95,110)(H,96,113)(H,97,112)(H,98,115)/t83-,84-,85-,86-,87-,88-,89-,90-/m0/s1. The number of carbonyl (C=O) groups is 17. The van der Waals surface area contributed by atoms with Gasteiger partial charge in [0.15, 0.2) is 5.54 Å². The van der Waals surface area contributed by atoms with Crippen molar-refractivity contribution in [3.05, 3.63) is 35.9 Å². The number of hydrogen-bond donors (Lipinski definition) is 8. The molecule has 8 heterocycles. The zero-order valence-electron chi connectivity index (χ0n) is 81.9. The Morgan fingerprint density at radius 1 is 0.248 bits per heavy atom. The van der Waals surface area contributed by atoms with Crippen molar-refractivity contribution >= 4 is 102 Å². The third kappa shape index (κ3) is 26.5. The number of nitrogens with one attached hydrogen (secondary N) is 8. The van der Waals surface area contributed by atoms with Gasteiger partial charge in [0.05, 0.1) is 59.0 Å². The van der Waals surface area contributed by atoms with Crippen molar-refractivity contribution in [2.45, 2.75) is 320 Å². The molecule has 1 aromatic carbocycles. The highest BCUT2D eigenvalue weighted by atomic mass is 16.6. The normalized spacial score (nSPS) is 25.8. The number of likely N-dealkylation sites (tertiary alicyclic amines) is 8. The second-order valence-corrected chi connectivity index (χ2v) is 44.0. The lowest BCUT2D eigenvalue weighted by Gasteiger charge is -2.41. The number of nitrogens with zero attached hydrogens (tertiary/aromatic N) is 8. The molecule has 8 fully saturated rings. The van der Waals surface area contributed by atoms with E-state index in [0.29, 0.717) is 5.56 Å². The average Bonchev–Trinajstić information content (AvgIpc) is 1.63. The molecule has 43 heteroatoms. The number of ether oxygens (including phenoxy) is 10. The molecule has 0 saturated carbocycles. The highest BCUT2D eigenvalue weighted by molar-refractivity contribution is 6.06. The summed E-state index contributed by atoms with van der Waals surface area (Å²) in [5.74, 6) is -9.21. The van der Waals surface area contributed by atoms with Gasteiger partial charge >= 0.3 is 60.8 Å². The highest BCUT2D eigenvalue weighted by Crippen LogP contribution is 2.39. The van der Waals surface area contributed by atoms with Crippen LogP contribution in [0.2, 0.25) is 0 Å². The first kappa shape index (κ1) is 105. The molecule has 0 radical (unpaired) electrons. The van der Waals surface area contributed by atoms with Gasteiger partial charge in [-0.3, -0.25) is 33.6 Å². The SMILES string of the molecule is CCOC(=O)[C@]1(NC(=O)[C@]2(NC(=O)[C@]3(NC(=O)[C@]4(NC(=O)[C@]5(NC(=O)[C@]6(NC(=O)[C@]7(NC(=O)[C@]8(NC(=O)OCc9ccccc9)CCN(C(=O)OC(C)(C)C)C8)CCN(C(=O)OC(C)(C)C)C7)CCN(C(=O)OC(C)(C)C)C6)CCN(C(=O)OC(C)(C)C)C5)CCN(C(=O)OC(C)(C)C)C4)CCN(C(=O)OC(C)(C)C)C3)CCN(C(=O)OC(C)(C)C)C2)CCN(C(=O)OC(C)(C)C)C1. The van der Waals surface area contributed by atoms with Crippen molar-refractivity contribution in [3.8, 4) is 0 Å². The molecule has 9 rings (SSSR count). The second-order valence-electron chi connectivity index (χ2n) is 44.0. The van der Waals surface area contributed by atoms with E-state index in [2.05, 4.69) is 42.5 Å². The Labute approximate surface area is 776 Å². The summed E-state index contributed by atoms with van der Waals surface area (Å²) in [6, 6.07) is 8.57. The summed E-state index contributed by atoms with van der Waals surface area (Å²) >= 11 is 0. The van der Waals surface area contributed by atoms with Crippen molar-refractivity contribution in [1.82, 2.24) is 81.7 Å². The van der Waals surface area contributed by atoms with E-state index in [0.717, 1.165) is 29.4 Å². The highest BCUT2D eigenvalue weighted by Gasteiger charge is 2.64. The number of hydrogen-bond acceptors (Lipinski definition) is 27. The van der Waals surface area contributed by atoms with E-state index < -0.39 is 282 Å². The molecule has 8 N–H and O–H groups in total. The first-order valence-corrected chi connectivity index (χ1v) is 45.2. The lowest BCUT2D eigenvalue weighted by molar-refractivity contribution is -0.154. The molecule has 8 aliphatic heterocycles. The minimum absolute atomic E-state index is 0.136. The fraction of sp³-hybridized carbons (Fsp3) is 0.744. The quantitative estimate of drug-likeness (QED) is 0.0554. The summed E-state index contributed by atoms with van der Waals surface area (Å²) in [6.45, 7) is 31.5. The van der Waals surface area contributed by atoms with Gasteiger partial charge in [-0.05, 0) is 224 Å². The molecule has 0 aromatic heterocycles. The van der Waals surface area contributed by atoms with Crippen molar-refractivity contribution in [2.75, 3.05) is 111 Å². The minimum Gasteiger partial charge on any atom is -0.464 e. The Balaban J connectivity index is 1.16. The van der Waals surface area contributed by atoms with Gasteiger partial charge in [0.1, 0.15) is 90.2 Å². The van der Waals surface area contributed by atoms with Crippen LogP contribution < -0.4 is 42.5 Å². The summed E-state index contributed by atoms with van der Waals surface area (Å²) in [6.07, 6.45) is -12.1. The summed E-state index contributed by atoms with van der Waals surface area (Å²) in [4.78, 5) is 267. The van der Waals surface area contributed by atoms with Gasteiger partial charge in [-0.1, -0.05) is 30.3 Å². The van der Waals surface area contributed by atoms with Crippen LogP contribution in [-0.4, -0.2) is 342 Å². The number of alkyl carbamates (subject to hydrolysis) is 1. The fourth-order valence-electron chi connectivity index (χ4n) is 16.6. The van der Waals surface area contributed by atoms with Crippen LogP contribution in [0.4, 0.5) is 43.2 Å². The molecule has 0 unspecified atom stereocenters. The van der Waals surface area contributed by atoms with Crippen molar-refractivity contribution in [3.63, 3.8) is 0 Å². The zero-order chi connectivity index (χ0) is 99.7. The number of carbonyl (C=O) groups excluding carboxylic acids is 17. The molecule has 0 bridgehead atoms. The van der Waals surface area contributed by atoms with Crippen molar-refractivity contribution in [1.29, 1.82) is 0 Å². The molecule has 133 heavy (non-hydrogen) atoms. The molecule has 0 spiro atoms. The first-order chi connectivity index (χ1) is 60.9. The van der Waals surface area contributed by atoms with Crippen LogP contribution in [0, 0.1) is 0 Å². The van der Waals surface area contributed by atoms with Crippen LogP contribution in [0.5, 0.6) is 0 Å². The molecule has 742 valence electrons. The molecule has 16 amide bonds. The number of rotatable bonds is 19. The molecule has 0 aliphatic carbocycles. The Kier molecular flexibility index (Phi) is 30.4. The Hall–Kier alpha value is -11.6. The molecule has 8 atom stereocenters. The van der Waals surface area contributed by atoms with E-state index in [9.17, 15) is 47.9 Å². The van der Waals surface area contributed by atoms with Gasteiger partial charge < -0.3 is 129 Å². The maximum absolute atomic E-state index is 16.8. The van der Waals surface area contributed by atoms with E-state index in [4.69, 9.17) is 47.4 Å². The largest absolute Gasteiger partial charge is 0.464 e. The van der Waals surface area contributed by atoms with Gasteiger partial charge in [0, 0.05) is 58.8 Å². The molecule has 8 aliphatic rings. The summed E-state index contributed by atoms with van der Waals surface area (Å²) in [5, 5.41) is 22.6. The van der Waals surface area contributed by atoms with Crippen LogP contribution in [0.15, 0.2) is 30.3 Å². The van der Waals surface area contributed by atoms with Crippen LogP contribution in [0.1, 0.15) is 230 Å². The van der Waals surface area contributed by atoms with Gasteiger partial charge in [-0.2, -0.15) is 0 Å². The lowest BCUT2D eigenvalue weighted by Crippen LogP contribution is -2.75. The topological polar surface area (TPSA) is 505 Å². The first-order valence-electron chi connectivity index (χ1n) is 45.2. The minimum atomic E-state index is -2.50. The van der Waals surface area contributed by atoms with Crippen LogP contribution >= 0.6 is 0 Å². The van der Waals surface area contributed by atoms with Crippen LogP contribution in [0.3, 0.4) is 0 Å². The van der Waals surface area contributed by atoms with Gasteiger partial charge in [-0.15, -0.1) is 0 Å². The third-order valence-corrected chi connectivity index (χ3v) is 23.1. The second kappa shape index (κ2) is 38.4. The van der Waals surface area contributed by atoms with E-state index in [1.807, 2.05) is 0 Å². The predicted octanol–water partition coefficient (Wildman–Crippen LogP) is 6.33. The van der Waals surface area contributed by atoms with Crippen LogP contribution in [-0.2, 0) is 92.3 Å². The Bertz CT molecular complexity index is 4590. The number of esters is 1. The van der Waals surface area contributed by atoms with E-state index in [1.54, 1.807) is 197 Å². The van der Waals surface area contributed by atoms with Gasteiger partial charge in [0.25, 0.3) is 0 Å². The molecule has 43 nitrogen and oxygen atoms in total. The van der Waals surface area contributed by atoms with Gasteiger partial charge in [0.2, 0.25) is 41.4 Å². The van der Waals surface area contributed by atoms with Crippen molar-refractivity contribution in [2.24, 2.45) is 0 Å². The summed E-state index contributed by atoms with van der Waals surface area (Å²) < 4.78 is 57.6. The summed E-state index contributed by atoms with van der Waals surface area (Å²) in [7, 11) is 0. The van der Waals surface area contributed by atoms with E-state index in [-0.39, 0.29) is 78.4 Å². The average molecular weight is 1880 g/mol. The van der Waals surface area contributed by atoms with Crippen LogP contribution in [0.25, 0.3) is 0 Å². The molecular formula is C90H140N16O27. The van der Waals surface area contributed by atoms with E-state index in [1.165, 1.54) is 16.7 Å². The Morgan fingerprint density at radius 2 is 0.414 bits per heavy atom. The molecule has 8 saturated heterocycles. The zero-order valence-corrected chi connectivity index (χ0v) is 81.9. The number of amides is 16. The maximum Gasteiger partial charge on any atom is 0.410 e. The monoisotopic (exact) mass is 1880 g/mol. The third-order valence-electron chi connectivity index (χ3n) is 23.1. The van der Waals surface area contributed by atoms with Gasteiger partial charge in [-0.25, -0.2) is 47.9 Å². The van der Waals surface area contributed by atoms with E-state index >= 15 is 33.6 Å². The molecule has 1 aromatic rings. The fourth-order valence-corrected chi connectivity index (χ4v) is 16.6. The smallest absolute Gasteiger partial charge is 0.410 e. The maximum atomic E-state index is 16.8. The predicted molar refractivity (Wildman–Crippen MR) is 475 cm³/mol. The lowest BCUT2D eigenvalue weighted by atomic mass is 9.87. The Morgan fingerprint density at radius 3 is 0.594 bits per heavy atom.